The summed E-state index contributed by atoms with van der Waals surface area (Å²) in [6.07, 6.45) is 0. The van der Waals surface area contributed by atoms with Gasteiger partial charge < -0.3 is 5.32 Å². The maximum atomic E-state index is 6.20. The van der Waals surface area contributed by atoms with Crippen LogP contribution in [0.25, 0.3) is 10.2 Å². The molecule has 104 valence electrons. The lowest BCUT2D eigenvalue weighted by Gasteiger charge is -2.12. The van der Waals surface area contributed by atoms with Gasteiger partial charge in [0.1, 0.15) is 0 Å². The fourth-order valence-corrected chi connectivity index (χ4v) is 4.59. The van der Waals surface area contributed by atoms with Crippen molar-refractivity contribution in [3.05, 3.63) is 44.6 Å². The van der Waals surface area contributed by atoms with Crippen LogP contribution >= 0.6 is 34.3 Å². The van der Waals surface area contributed by atoms with Gasteiger partial charge in [-0.25, -0.2) is 4.98 Å². The van der Waals surface area contributed by atoms with Crippen LogP contribution in [-0.4, -0.2) is 4.98 Å². The van der Waals surface area contributed by atoms with E-state index in [1.807, 2.05) is 29.5 Å². The summed E-state index contributed by atoms with van der Waals surface area (Å²) in [6, 6.07) is 8.33. The Morgan fingerprint density at radius 1 is 1.25 bits per heavy atom. The molecule has 0 aliphatic carbocycles. The summed E-state index contributed by atoms with van der Waals surface area (Å²) in [5.41, 5.74) is 2.30. The second kappa shape index (κ2) is 5.35. The minimum absolute atomic E-state index is 0.249. The quantitative estimate of drug-likeness (QED) is 0.659. The van der Waals surface area contributed by atoms with E-state index in [0.717, 1.165) is 20.4 Å². The summed E-state index contributed by atoms with van der Waals surface area (Å²) in [5, 5.41) is 5.17. The number of hydrogen-bond acceptors (Lipinski definition) is 4. The predicted octanol–water partition coefficient (Wildman–Crippen LogP) is 5.80. The predicted molar refractivity (Wildman–Crippen MR) is 90.5 cm³/mol. The monoisotopic (exact) mass is 322 g/mol. The lowest BCUT2D eigenvalue weighted by atomic mass is 10.1. The molecule has 1 N–H and O–H groups in total. The molecule has 2 aromatic heterocycles. The third kappa shape index (κ3) is 2.55. The van der Waals surface area contributed by atoms with E-state index in [-0.39, 0.29) is 6.04 Å². The Labute approximate surface area is 131 Å². The average molecular weight is 323 g/mol. The molecule has 3 rings (SSSR count). The van der Waals surface area contributed by atoms with E-state index in [4.69, 9.17) is 11.6 Å². The molecule has 0 aliphatic heterocycles. The van der Waals surface area contributed by atoms with Crippen LogP contribution < -0.4 is 5.32 Å². The van der Waals surface area contributed by atoms with Gasteiger partial charge in [0.25, 0.3) is 0 Å². The van der Waals surface area contributed by atoms with E-state index in [1.54, 1.807) is 11.3 Å². The van der Waals surface area contributed by atoms with Gasteiger partial charge in [0, 0.05) is 9.75 Å². The molecular weight excluding hydrogens is 308 g/mol. The molecule has 2 heterocycles. The minimum Gasteiger partial charge on any atom is -0.355 e. The molecule has 5 heteroatoms. The molecule has 1 atom stereocenters. The van der Waals surface area contributed by atoms with Crippen LogP contribution in [0.5, 0.6) is 0 Å². The summed E-state index contributed by atoms with van der Waals surface area (Å²) in [7, 11) is 0. The van der Waals surface area contributed by atoms with Crippen molar-refractivity contribution < 1.29 is 0 Å². The Morgan fingerprint density at radius 3 is 2.70 bits per heavy atom. The van der Waals surface area contributed by atoms with Crippen LogP contribution in [0.2, 0.25) is 5.02 Å². The molecule has 0 saturated heterocycles. The molecule has 0 saturated carbocycles. The van der Waals surface area contributed by atoms with Crippen LogP contribution in [0, 0.1) is 13.8 Å². The highest BCUT2D eigenvalue weighted by atomic mass is 35.5. The van der Waals surface area contributed by atoms with Crippen molar-refractivity contribution in [2.24, 2.45) is 0 Å². The first kappa shape index (κ1) is 13.9. The first-order valence-corrected chi connectivity index (χ1v) is 8.44. The van der Waals surface area contributed by atoms with Gasteiger partial charge in [0.05, 0.1) is 21.3 Å². The van der Waals surface area contributed by atoms with Gasteiger partial charge >= 0.3 is 0 Å². The summed E-state index contributed by atoms with van der Waals surface area (Å²) in [5.74, 6) is 0. The van der Waals surface area contributed by atoms with Crippen LogP contribution in [0.3, 0.4) is 0 Å². The maximum Gasteiger partial charge on any atom is 0.184 e. The number of benzene rings is 1. The molecule has 0 radical (unpaired) electrons. The van der Waals surface area contributed by atoms with Gasteiger partial charge in [-0.1, -0.05) is 29.0 Å². The Morgan fingerprint density at radius 2 is 2.05 bits per heavy atom. The highest BCUT2D eigenvalue weighted by Crippen LogP contribution is 2.34. The third-order valence-corrected chi connectivity index (χ3v) is 5.70. The van der Waals surface area contributed by atoms with Crippen molar-refractivity contribution in [3.63, 3.8) is 0 Å². The van der Waals surface area contributed by atoms with E-state index >= 15 is 0 Å². The first-order chi connectivity index (χ1) is 9.54. The fourth-order valence-electron chi connectivity index (χ4n) is 2.32. The van der Waals surface area contributed by atoms with Gasteiger partial charge in [0.2, 0.25) is 0 Å². The van der Waals surface area contributed by atoms with Crippen molar-refractivity contribution in [3.8, 4) is 0 Å². The lowest BCUT2D eigenvalue weighted by Crippen LogP contribution is -2.06. The normalized spacial score (nSPS) is 12.8. The Balaban J connectivity index is 1.89. The molecule has 0 aliphatic rings. The van der Waals surface area contributed by atoms with Crippen molar-refractivity contribution in [2.75, 3.05) is 5.32 Å². The van der Waals surface area contributed by atoms with E-state index in [9.17, 15) is 0 Å². The van der Waals surface area contributed by atoms with Gasteiger partial charge in [-0.2, -0.15) is 0 Å². The average Bonchev–Trinajstić information content (AvgIpc) is 2.93. The van der Waals surface area contributed by atoms with Gasteiger partial charge in [0.15, 0.2) is 5.13 Å². The third-order valence-electron chi connectivity index (χ3n) is 3.25. The number of anilines is 1. The van der Waals surface area contributed by atoms with Crippen LogP contribution in [-0.2, 0) is 0 Å². The van der Waals surface area contributed by atoms with Crippen LogP contribution in [0.4, 0.5) is 5.13 Å². The summed E-state index contributed by atoms with van der Waals surface area (Å²) in [4.78, 5) is 7.31. The zero-order valence-electron chi connectivity index (χ0n) is 11.5. The molecular formula is C15H15ClN2S2. The standard InChI is InChI=1S/C15H15ClN2S2/c1-8-7-11(10(3)19-8)9(2)17-15-18-13-6-4-5-12(16)14(13)20-15/h4-7,9H,1-3H3,(H,17,18). The molecule has 2 nitrogen and oxygen atoms in total. The number of nitrogens with zero attached hydrogens (tertiary/aromatic N) is 1. The second-order valence-corrected chi connectivity index (χ2v) is 7.71. The highest BCUT2D eigenvalue weighted by Gasteiger charge is 2.14. The molecule has 1 aromatic carbocycles. The number of halogens is 1. The number of fused-ring (bicyclic) bond motifs is 1. The number of hydrogen-bond donors (Lipinski definition) is 1. The molecule has 0 bridgehead atoms. The Hall–Kier alpha value is -1.10. The number of thiophene rings is 1. The lowest BCUT2D eigenvalue weighted by molar-refractivity contribution is 0.879. The highest BCUT2D eigenvalue weighted by molar-refractivity contribution is 7.22. The maximum absolute atomic E-state index is 6.20. The summed E-state index contributed by atoms with van der Waals surface area (Å²) < 4.78 is 1.04. The molecule has 0 spiro atoms. The SMILES string of the molecule is Cc1cc(C(C)Nc2nc3cccc(Cl)c3s2)c(C)s1. The number of aryl methyl sites for hydroxylation is 2. The number of aromatic nitrogens is 1. The van der Waals surface area contributed by atoms with Crippen molar-refractivity contribution >= 4 is 49.6 Å². The topological polar surface area (TPSA) is 24.9 Å². The van der Waals surface area contributed by atoms with E-state index < -0.39 is 0 Å². The zero-order valence-corrected chi connectivity index (χ0v) is 13.9. The molecule has 3 aromatic rings. The Kier molecular flexibility index (Phi) is 3.71. The van der Waals surface area contributed by atoms with Gasteiger partial charge in [-0.15, -0.1) is 11.3 Å². The number of thiazole rings is 1. The van der Waals surface area contributed by atoms with Crippen molar-refractivity contribution in [2.45, 2.75) is 26.8 Å². The number of nitrogens with one attached hydrogen (secondary N) is 1. The van der Waals surface area contributed by atoms with E-state index in [1.165, 1.54) is 15.3 Å². The van der Waals surface area contributed by atoms with Crippen molar-refractivity contribution in [1.29, 1.82) is 0 Å². The van der Waals surface area contributed by atoms with Crippen LogP contribution in [0.15, 0.2) is 24.3 Å². The Bertz CT molecular complexity index is 760. The number of rotatable bonds is 3. The fraction of sp³-hybridized carbons (Fsp3) is 0.267. The molecule has 0 fully saturated rings. The summed E-state index contributed by atoms with van der Waals surface area (Å²) in [6.45, 7) is 6.48. The molecule has 20 heavy (non-hydrogen) atoms. The largest absolute Gasteiger partial charge is 0.355 e. The van der Waals surface area contributed by atoms with Gasteiger partial charge in [-0.05, 0) is 44.5 Å². The zero-order chi connectivity index (χ0) is 14.3. The summed E-state index contributed by atoms with van der Waals surface area (Å²) >= 11 is 9.64. The first-order valence-electron chi connectivity index (χ1n) is 6.43. The van der Waals surface area contributed by atoms with E-state index in [2.05, 4.69) is 37.1 Å². The second-order valence-electron chi connectivity index (χ2n) is 4.84. The minimum atomic E-state index is 0.249. The van der Waals surface area contributed by atoms with Crippen molar-refractivity contribution in [1.82, 2.24) is 4.98 Å². The molecule has 1 unspecified atom stereocenters. The van der Waals surface area contributed by atoms with Crippen LogP contribution in [0.1, 0.15) is 28.3 Å². The van der Waals surface area contributed by atoms with Gasteiger partial charge in [-0.3, -0.25) is 0 Å². The molecule has 0 amide bonds. The van der Waals surface area contributed by atoms with E-state index in [0.29, 0.717) is 0 Å². The smallest absolute Gasteiger partial charge is 0.184 e.